The van der Waals surface area contributed by atoms with Crippen LogP contribution in [-0.2, 0) is 4.74 Å². The number of hydrogen-bond donors (Lipinski definition) is 1. The maximum absolute atomic E-state index is 12.8. The Hall–Kier alpha value is -3.72. The van der Waals surface area contributed by atoms with Crippen molar-refractivity contribution in [2.75, 3.05) is 19.0 Å². The minimum Gasteiger partial charge on any atom is -0.497 e. The van der Waals surface area contributed by atoms with Crippen molar-refractivity contribution in [3.63, 3.8) is 0 Å². The van der Waals surface area contributed by atoms with Gasteiger partial charge < -0.3 is 14.8 Å². The van der Waals surface area contributed by atoms with Crippen molar-refractivity contribution < 1.29 is 24.0 Å². The molecular formula is C22H20N2O6S. The second-order valence-corrected chi connectivity index (χ2v) is 7.67. The molecule has 0 saturated heterocycles. The van der Waals surface area contributed by atoms with Gasteiger partial charge in [0.15, 0.2) is 0 Å². The summed E-state index contributed by atoms with van der Waals surface area (Å²) >= 11 is 1.24. The van der Waals surface area contributed by atoms with Crippen LogP contribution in [0.25, 0.3) is 11.1 Å². The number of rotatable bonds is 7. The fourth-order valence-corrected chi connectivity index (χ4v) is 4.11. The lowest BCUT2D eigenvalue weighted by Gasteiger charge is -2.09. The average Bonchev–Trinajstić information content (AvgIpc) is 3.09. The number of carbonyl (C=O) groups excluding carboxylic acids is 2. The lowest BCUT2D eigenvalue weighted by molar-refractivity contribution is -0.384. The minimum absolute atomic E-state index is 0.0534. The lowest BCUT2D eigenvalue weighted by atomic mass is 10.0. The monoisotopic (exact) mass is 440 g/mol. The Morgan fingerprint density at radius 2 is 1.74 bits per heavy atom. The van der Waals surface area contributed by atoms with Crippen LogP contribution in [-0.4, -0.2) is 30.5 Å². The summed E-state index contributed by atoms with van der Waals surface area (Å²) in [6.45, 7) is 3.67. The third-order valence-electron chi connectivity index (χ3n) is 4.51. The largest absolute Gasteiger partial charge is 0.497 e. The average molecular weight is 440 g/mol. The van der Waals surface area contributed by atoms with Gasteiger partial charge in [0.25, 0.3) is 11.6 Å². The molecule has 0 saturated carbocycles. The molecule has 0 atom stereocenters. The molecule has 9 heteroatoms. The Balaban J connectivity index is 2.01. The number of nitro groups is 1. The van der Waals surface area contributed by atoms with E-state index in [0.717, 1.165) is 4.88 Å². The van der Waals surface area contributed by atoms with E-state index in [2.05, 4.69) is 5.32 Å². The molecule has 1 aromatic heterocycles. The zero-order valence-electron chi connectivity index (χ0n) is 17.1. The summed E-state index contributed by atoms with van der Waals surface area (Å²) in [5.41, 5.74) is 1.76. The van der Waals surface area contributed by atoms with Crippen LogP contribution in [0.15, 0.2) is 48.5 Å². The van der Waals surface area contributed by atoms with Gasteiger partial charge in [-0.2, -0.15) is 0 Å². The van der Waals surface area contributed by atoms with Gasteiger partial charge in [0.2, 0.25) is 0 Å². The van der Waals surface area contributed by atoms with Gasteiger partial charge in [0.05, 0.1) is 18.6 Å². The second-order valence-electron chi connectivity index (χ2n) is 6.44. The highest BCUT2D eigenvalue weighted by atomic mass is 32.1. The van der Waals surface area contributed by atoms with E-state index in [-0.39, 0.29) is 23.8 Å². The van der Waals surface area contributed by atoms with Crippen molar-refractivity contribution in [2.24, 2.45) is 0 Å². The van der Waals surface area contributed by atoms with Crippen molar-refractivity contribution >= 4 is 33.9 Å². The molecule has 160 valence electrons. The maximum atomic E-state index is 12.8. The van der Waals surface area contributed by atoms with E-state index in [4.69, 9.17) is 9.47 Å². The molecule has 3 rings (SSSR count). The van der Waals surface area contributed by atoms with Crippen molar-refractivity contribution in [3.8, 4) is 16.9 Å². The molecule has 0 aliphatic carbocycles. The van der Waals surface area contributed by atoms with Crippen LogP contribution < -0.4 is 10.1 Å². The molecule has 0 unspecified atom stereocenters. The van der Waals surface area contributed by atoms with Crippen LogP contribution in [0, 0.1) is 17.0 Å². The van der Waals surface area contributed by atoms with Gasteiger partial charge in [0, 0.05) is 28.1 Å². The first kappa shape index (κ1) is 22.0. The number of carbonyl (C=O) groups is 2. The zero-order chi connectivity index (χ0) is 22.5. The van der Waals surface area contributed by atoms with Crippen molar-refractivity contribution in [1.29, 1.82) is 0 Å². The molecule has 0 spiro atoms. The summed E-state index contributed by atoms with van der Waals surface area (Å²) in [5.74, 6) is -0.342. The van der Waals surface area contributed by atoms with Gasteiger partial charge in [-0.3, -0.25) is 14.9 Å². The Kier molecular flexibility index (Phi) is 6.66. The molecule has 8 nitrogen and oxygen atoms in total. The SMILES string of the molecule is CCOC(=O)c1c(NC(=O)c2ccc(OC)cc2)sc(C)c1-c1ccc([N+](=O)[O-])cc1. The molecular weight excluding hydrogens is 420 g/mol. The molecule has 1 amide bonds. The smallest absolute Gasteiger partial charge is 0.341 e. The van der Waals surface area contributed by atoms with Crippen LogP contribution in [0.5, 0.6) is 5.75 Å². The second kappa shape index (κ2) is 9.40. The normalized spacial score (nSPS) is 10.4. The third-order valence-corrected chi connectivity index (χ3v) is 5.53. The maximum Gasteiger partial charge on any atom is 0.341 e. The molecule has 0 fully saturated rings. The van der Waals surface area contributed by atoms with Crippen LogP contribution in [0.1, 0.15) is 32.5 Å². The van der Waals surface area contributed by atoms with Gasteiger partial charge >= 0.3 is 5.97 Å². The number of esters is 1. The molecule has 1 N–H and O–H groups in total. The summed E-state index contributed by atoms with van der Waals surface area (Å²) in [7, 11) is 1.54. The lowest BCUT2D eigenvalue weighted by Crippen LogP contribution is -2.14. The molecule has 0 aliphatic heterocycles. The first-order chi connectivity index (χ1) is 14.8. The van der Waals surface area contributed by atoms with Gasteiger partial charge in [-0.1, -0.05) is 0 Å². The number of aryl methyl sites for hydroxylation is 1. The third kappa shape index (κ3) is 4.72. The summed E-state index contributed by atoms with van der Waals surface area (Å²) in [6.07, 6.45) is 0. The Morgan fingerprint density at radius 3 is 2.29 bits per heavy atom. The number of thiophene rings is 1. The highest BCUT2D eigenvalue weighted by Gasteiger charge is 2.26. The fourth-order valence-electron chi connectivity index (χ4n) is 3.05. The van der Waals surface area contributed by atoms with E-state index < -0.39 is 10.9 Å². The molecule has 3 aromatic rings. The number of benzene rings is 2. The molecule has 0 aliphatic rings. The van der Waals surface area contributed by atoms with Gasteiger partial charge in [-0.25, -0.2) is 4.79 Å². The number of non-ortho nitro benzene ring substituents is 1. The Bertz CT molecular complexity index is 1120. The molecule has 1 heterocycles. The topological polar surface area (TPSA) is 108 Å². The minimum atomic E-state index is -0.578. The number of nitrogens with one attached hydrogen (secondary N) is 1. The first-order valence-corrected chi connectivity index (χ1v) is 10.2. The van der Waals surface area contributed by atoms with E-state index >= 15 is 0 Å². The predicted octanol–water partition coefficient (Wildman–Crippen LogP) is 5.07. The summed E-state index contributed by atoms with van der Waals surface area (Å²) in [6, 6.07) is 12.5. The fraction of sp³-hybridized carbons (Fsp3) is 0.182. The summed E-state index contributed by atoms with van der Waals surface area (Å²) in [4.78, 5) is 36.7. The van der Waals surface area contributed by atoms with E-state index in [1.54, 1.807) is 43.3 Å². The van der Waals surface area contributed by atoms with E-state index in [1.807, 2.05) is 6.92 Å². The number of amides is 1. The summed E-state index contributed by atoms with van der Waals surface area (Å²) < 4.78 is 10.3. The Morgan fingerprint density at radius 1 is 1.10 bits per heavy atom. The first-order valence-electron chi connectivity index (χ1n) is 9.36. The quantitative estimate of drug-likeness (QED) is 0.312. The highest BCUT2D eigenvalue weighted by Crippen LogP contribution is 2.41. The molecule has 31 heavy (non-hydrogen) atoms. The van der Waals surface area contributed by atoms with Gasteiger partial charge in [-0.15, -0.1) is 11.3 Å². The number of nitrogens with zero attached hydrogens (tertiary/aromatic N) is 1. The van der Waals surface area contributed by atoms with E-state index in [9.17, 15) is 19.7 Å². The summed E-state index contributed by atoms with van der Waals surface area (Å²) in [5, 5.41) is 14.1. The number of nitro benzene ring substituents is 1. The zero-order valence-corrected chi connectivity index (χ0v) is 17.9. The van der Waals surface area contributed by atoms with E-state index in [1.165, 1.54) is 30.6 Å². The number of ether oxygens (including phenoxy) is 2. The van der Waals surface area contributed by atoms with E-state index in [0.29, 0.717) is 27.4 Å². The molecule has 0 radical (unpaired) electrons. The number of methoxy groups -OCH3 is 1. The van der Waals surface area contributed by atoms with Crippen molar-refractivity contribution in [3.05, 3.63) is 74.6 Å². The van der Waals surface area contributed by atoms with Crippen LogP contribution in [0.2, 0.25) is 0 Å². The van der Waals surface area contributed by atoms with Crippen LogP contribution in [0.3, 0.4) is 0 Å². The van der Waals surface area contributed by atoms with Gasteiger partial charge in [-0.05, 0) is 55.8 Å². The highest BCUT2D eigenvalue weighted by molar-refractivity contribution is 7.17. The number of hydrogen-bond acceptors (Lipinski definition) is 7. The van der Waals surface area contributed by atoms with Crippen molar-refractivity contribution in [2.45, 2.75) is 13.8 Å². The van der Waals surface area contributed by atoms with Gasteiger partial charge in [0.1, 0.15) is 16.3 Å². The standard InChI is InChI=1S/C22H20N2O6S/c1-4-30-22(26)19-18(14-5-9-16(10-6-14)24(27)28)13(2)31-21(19)23-20(25)15-7-11-17(29-3)12-8-15/h5-12H,4H2,1-3H3,(H,23,25). The molecule has 0 bridgehead atoms. The van der Waals surface area contributed by atoms with Crippen LogP contribution in [0.4, 0.5) is 10.7 Å². The predicted molar refractivity (Wildman–Crippen MR) is 118 cm³/mol. The van der Waals surface area contributed by atoms with Crippen LogP contribution >= 0.6 is 11.3 Å². The van der Waals surface area contributed by atoms with Crippen molar-refractivity contribution in [1.82, 2.24) is 0 Å². The molecule has 2 aromatic carbocycles. The Labute approximate surface area is 182 Å². The number of anilines is 1.